The zero-order valence-corrected chi connectivity index (χ0v) is 19.8. The second kappa shape index (κ2) is 11.4. The van der Waals surface area contributed by atoms with E-state index in [0.717, 1.165) is 54.4 Å². The minimum Gasteiger partial charge on any atom is -0.353 e. The van der Waals surface area contributed by atoms with Crippen LogP contribution in [0.2, 0.25) is 0 Å². The molecule has 2 aromatic carbocycles. The van der Waals surface area contributed by atoms with Crippen LogP contribution in [0.4, 0.5) is 5.82 Å². The molecule has 0 atom stereocenters. The van der Waals surface area contributed by atoms with E-state index in [1.807, 2.05) is 32.9 Å². The zero-order valence-electron chi connectivity index (χ0n) is 19.8. The number of aromatic nitrogens is 2. The third-order valence-corrected chi connectivity index (χ3v) is 5.59. The van der Waals surface area contributed by atoms with E-state index in [1.165, 1.54) is 10.8 Å². The lowest BCUT2D eigenvalue weighted by Crippen LogP contribution is -2.44. The highest BCUT2D eigenvalue weighted by Gasteiger charge is 2.19. The third-order valence-electron chi connectivity index (χ3n) is 5.59. The van der Waals surface area contributed by atoms with E-state index in [-0.39, 0.29) is 0 Å². The van der Waals surface area contributed by atoms with Crippen molar-refractivity contribution in [2.75, 3.05) is 38.1 Å². The molecule has 4 nitrogen and oxygen atoms in total. The number of nitrogens with zero attached hydrogens (tertiary/aromatic N) is 4. The number of hydrogen-bond donors (Lipinski definition) is 0. The number of allylic oxidation sites excluding steroid dienone is 5. The topological polar surface area (TPSA) is 32.3 Å². The minimum absolute atomic E-state index is 0.893. The zero-order chi connectivity index (χ0) is 22.9. The maximum Gasteiger partial charge on any atom is 0.151 e. The van der Waals surface area contributed by atoms with Gasteiger partial charge in [0.2, 0.25) is 0 Å². The number of anilines is 1. The molecule has 1 saturated heterocycles. The molecule has 0 aliphatic carbocycles. The van der Waals surface area contributed by atoms with Crippen LogP contribution in [0.5, 0.6) is 0 Å². The van der Waals surface area contributed by atoms with Gasteiger partial charge in [-0.1, -0.05) is 81.1 Å². The number of likely N-dealkylation sites (N-methyl/N-ethyl adjacent to an activating group) is 1. The molecule has 0 N–H and O–H groups in total. The summed E-state index contributed by atoms with van der Waals surface area (Å²) in [5, 5.41) is 11.8. The first-order valence-electron chi connectivity index (χ1n) is 11.5. The molecule has 0 saturated carbocycles. The van der Waals surface area contributed by atoms with Crippen molar-refractivity contribution in [1.29, 1.82) is 0 Å². The lowest BCUT2D eigenvalue weighted by atomic mass is 9.97. The molecule has 0 radical (unpaired) electrons. The Balaban J connectivity index is 0.00000141. The average molecular weight is 427 g/mol. The summed E-state index contributed by atoms with van der Waals surface area (Å²) < 4.78 is 0. The van der Waals surface area contributed by atoms with Gasteiger partial charge in [-0.25, -0.2) is 0 Å². The van der Waals surface area contributed by atoms with E-state index >= 15 is 0 Å². The van der Waals surface area contributed by atoms with Crippen molar-refractivity contribution < 1.29 is 0 Å². The Morgan fingerprint density at radius 1 is 0.938 bits per heavy atom. The van der Waals surface area contributed by atoms with E-state index in [9.17, 15) is 0 Å². The normalized spacial score (nSPS) is 15.0. The van der Waals surface area contributed by atoms with Gasteiger partial charge < -0.3 is 9.80 Å². The van der Waals surface area contributed by atoms with Crippen LogP contribution in [0.15, 0.2) is 79.4 Å². The minimum atomic E-state index is 0.893. The first-order valence-corrected chi connectivity index (χ1v) is 11.5. The van der Waals surface area contributed by atoms with Crippen LogP contribution in [0, 0.1) is 0 Å². The fourth-order valence-electron chi connectivity index (χ4n) is 3.88. The first-order chi connectivity index (χ1) is 15.7. The summed E-state index contributed by atoms with van der Waals surface area (Å²) in [7, 11) is 2.16. The molecular formula is C28H34N4. The number of benzene rings is 2. The van der Waals surface area contributed by atoms with Crippen molar-refractivity contribution in [3.8, 4) is 11.3 Å². The molecule has 2 heterocycles. The fraction of sp³-hybridized carbons (Fsp3) is 0.286. The molecule has 4 rings (SSSR count). The van der Waals surface area contributed by atoms with Crippen LogP contribution in [-0.2, 0) is 0 Å². The lowest BCUT2D eigenvalue weighted by Gasteiger charge is -2.33. The lowest BCUT2D eigenvalue weighted by molar-refractivity contribution is 0.312. The number of rotatable bonds is 5. The second-order valence-corrected chi connectivity index (χ2v) is 7.67. The molecule has 0 spiro atoms. The van der Waals surface area contributed by atoms with E-state index in [4.69, 9.17) is 5.10 Å². The molecule has 166 valence electrons. The van der Waals surface area contributed by atoms with E-state index < -0.39 is 0 Å². The van der Waals surface area contributed by atoms with Crippen LogP contribution in [-0.4, -0.2) is 48.3 Å². The molecular weight excluding hydrogens is 392 g/mol. The molecule has 4 heteroatoms. The van der Waals surface area contributed by atoms with Gasteiger partial charge in [0.25, 0.3) is 0 Å². The van der Waals surface area contributed by atoms with E-state index in [2.05, 4.69) is 89.2 Å². The van der Waals surface area contributed by atoms with Gasteiger partial charge in [-0.2, -0.15) is 0 Å². The third kappa shape index (κ3) is 5.32. The Morgan fingerprint density at radius 2 is 1.66 bits per heavy atom. The summed E-state index contributed by atoms with van der Waals surface area (Å²) in [6.07, 6.45) is 8.03. The molecule has 1 fully saturated rings. The van der Waals surface area contributed by atoms with Crippen molar-refractivity contribution >= 4 is 22.2 Å². The first kappa shape index (κ1) is 23.4. The summed E-state index contributed by atoms with van der Waals surface area (Å²) >= 11 is 0. The molecule has 0 bridgehead atoms. The fourth-order valence-corrected chi connectivity index (χ4v) is 3.88. The van der Waals surface area contributed by atoms with Gasteiger partial charge in [0.1, 0.15) is 5.69 Å². The smallest absolute Gasteiger partial charge is 0.151 e. The predicted molar refractivity (Wildman–Crippen MR) is 139 cm³/mol. The van der Waals surface area contributed by atoms with Crippen molar-refractivity contribution in [3.05, 3.63) is 85.0 Å². The highest BCUT2D eigenvalue weighted by molar-refractivity contribution is 5.90. The molecule has 0 unspecified atom stereocenters. The van der Waals surface area contributed by atoms with Gasteiger partial charge in [0.05, 0.1) is 0 Å². The van der Waals surface area contributed by atoms with Crippen LogP contribution < -0.4 is 4.90 Å². The Labute approximate surface area is 192 Å². The Bertz CT molecular complexity index is 1110. The summed E-state index contributed by atoms with van der Waals surface area (Å²) in [4.78, 5) is 4.67. The monoisotopic (exact) mass is 426 g/mol. The maximum absolute atomic E-state index is 4.72. The van der Waals surface area contributed by atoms with E-state index in [0.29, 0.717) is 0 Å². The van der Waals surface area contributed by atoms with Crippen LogP contribution in [0.25, 0.3) is 27.6 Å². The number of piperazine rings is 1. The van der Waals surface area contributed by atoms with E-state index in [1.54, 1.807) is 0 Å². The average Bonchev–Trinajstić information content (AvgIpc) is 2.85. The second-order valence-electron chi connectivity index (χ2n) is 7.67. The summed E-state index contributed by atoms with van der Waals surface area (Å²) in [6.45, 7) is 13.9. The maximum atomic E-state index is 4.72. The van der Waals surface area contributed by atoms with Gasteiger partial charge in [0, 0.05) is 37.3 Å². The van der Waals surface area contributed by atoms with Gasteiger partial charge in [0.15, 0.2) is 5.82 Å². The van der Waals surface area contributed by atoms with Crippen LogP contribution in [0.1, 0.15) is 26.3 Å². The molecule has 1 aromatic heterocycles. The molecule has 32 heavy (non-hydrogen) atoms. The van der Waals surface area contributed by atoms with Crippen molar-refractivity contribution in [2.24, 2.45) is 0 Å². The van der Waals surface area contributed by atoms with Crippen molar-refractivity contribution in [1.82, 2.24) is 15.1 Å². The number of hydrogen-bond acceptors (Lipinski definition) is 4. The van der Waals surface area contributed by atoms with Gasteiger partial charge in [-0.05, 0) is 42.4 Å². The quantitative estimate of drug-likeness (QED) is 0.453. The molecule has 3 aromatic rings. The SMILES string of the molecule is C=C/C=C(\C=C/C)c1cc(N2CCN(C)CC2)nnc1-c1ccc2ccccc2c1.CC. The standard InChI is InChI=1S/C26H28N4.C2H6/c1-4-8-21(9-5-2)24-19-25(30-16-14-29(3)15-17-30)27-28-26(24)23-13-12-20-10-6-7-11-22(20)18-23;1-2/h4-13,18-19H,1,14-17H2,2-3H3;1-2H3/b9-5-,21-8+;. The van der Waals surface area contributed by atoms with Gasteiger partial charge in [-0.3, -0.25) is 0 Å². The van der Waals surface area contributed by atoms with Crippen LogP contribution in [0.3, 0.4) is 0 Å². The highest BCUT2D eigenvalue weighted by Crippen LogP contribution is 2.32. The largest absolute Gasteiger partial charge is 0.353 e. The van der Waals surface area contributed by atoms with Crippen molar-refractivity contribution in [3.63, 3.8) is 0 Å². The highest BCUT2D eigenvalue weighted by atomic mass is 15.3. The Hall–Kier alpha value is -3.24. The predicted octanol–water partition coefficient (Wildman–Crippen LogP) is 6.22. The molecule has 1 aliphatic heterocycles. The Kier molecular flexibility index (Phi) is 8.34. The Morgan fingerprint density at radius 3 is 2.34 bits per heavy atom. The molecule has 0 amide bonds. The van der Waals surface area contributed by atoms with Gasteiger partial charge >= 0.3 is 0 Å². The number of fused-ring (bicyclic) bond motifs is 1. The van der Waals surface area contributed by atoms with Gasteiger partial charge in [-0.15, -0.1) is 10.2 Å². The summed E-state index contributed by atoms with van der Waals surface area (Å²) in [6, 6.07) is 17.1. The van der Waals surface area contributed by atoms with Crippen molar-refractivity contribution in [2.45, 2.75) is 20.8 Å². The molecule has 1 aliphatic rings. The summed E-state index contributed by atoms with van der Waals surface area (Å²) in [5.74, 6) is 0.933. The summed E-state index contributed by atoms with van der Waals surface area (Å²) in [5.41, 5.74) is 4.12. The van der Waals surface area contributed by atoms with Crippen LogP contribution >= 0.6 is 0 Å².